The van der Waals surface area contributed by atoms with Crippen LogP contribution in [0, 0.1) is 5.82 Å². The highest BCUT2D eigenvalue weighted by molar-refractivity contribution is 5.37. The highest BCUT2D eigenvalue weighted by Gasteiger charge is 2.18. The summed E-state index contributed by atoms with van der Waals surface area (Å²) in [5, 5.41) is 0. The van der Waals surface area contributed by atoms with E-state index in [2.05, 4.69) is 0 Å². The molecule has 0 aromatic heterocycles. The van der Waals surface area contributed by atoms with Crippen LogP contribution in [-0.4, -0.2) is 6.61 Å². The van der Waals surface area contributed by atoms with Gasteiger partial charge in [-0.3, -0.25) is 0 Å². The van der Waals surface area contributed by atoms with E-state index in [1.165, 1.54) is 6.07 Å². The number of ether oxygens (including phenoxy) is 1. The van der Waals surface area contributed by atoms with Gasteiger partial charge in [-0.05, 0) is 18.9 Å². The number of fused-ring (bicyclic) bond motifs is 1. The Balaban J connectivity index is 2.47. The summed E-state index contributed by atoms with van der Waals surface area (Å²) in [5.41, 5.74) is 6.66. The summed E-state index contributed by atoms with van der Waals surface area (Å²) in [6.07, 6.45) is 1.74. The summed E-state index contributed by atoms with van der Waals surface area (Å²) >= 11 is 0. The van der Waals surface area contributed by atoms with Gasteiger partial charge in [-0.2, -0.15) is 0 Å². The third-order valence-corrected chi connectivity index (χ3v) is 2.30. The first-order valence-corrected chi connectivity index (χ1v) is 4.46. The summed E-state index contributed by atoms with van der Waals surface area (Å²) in [5.74, 6) is 0.0300. The van der Waals surface area contributed by atoms with Gasteiger partial charge < -0.3 is 10.5 Å². The Labute approximate surface area is 76.5 Å². The van der Waals surface area contributed by atoms with Gasteiger partial charge in [-0.1, -0.05) is 12.1 Å². The number of nitrogens with two attached hydrogens (primary N) is 1. The molecule has 1 aromatic carbocycles. The number of rotatable bonds is 0. The molecule has 0 saturated carbocycles. The van der Waals surface area contributed by atoms with Crippen molar-refractivity contribution in [2.75, 3.05) is 6.61 Å². The molecule has 1 aromatic rings. The lowest BCUT2D eigenvalue weighted by atomic mass is 10.0. The molecule has 0 amide bonds. The second kappa shape index (κ2) is 3.34. The van der Waals surface area contributed by atoms with Crippen molar-refractivity contribution in [1.82, 2.24) is 0 Å². The third-order valence-electron chi connectivity index (χ3n) is 2.30. The molecule has 0 aliphatic carbocycles. The van der Waals surface area contributed by atoms with E-state index >= 15 is 0 Å². The second-order valence-corrected chi connectivity index (χ2v) is 3.26. The first kappa shape index (κ1) is 8.51. The molecule has 3 heteroatoms. The second-order valence-electron chi connectivity index (χ2n) is 3.26. The number of halogens is 1. The van der Waals surface area contributed by atoms with Crippen LogP contribution in [0.3, 0.4) is 0 Å². The molecule has 1 atom stereocenters. The molecule has 13 heavy (non-hydrogen) atoms. The Kier molecular flexibility index (Phi) is 2.19. The Morgan fingerprint density at radius 3 is 3.15 bits per heavy atom. The topological polar surface area (TPSA) is 35.2 Å². The quantitative estimate of drug-likeness (QED) is 0.664. The molecule has 0 unspecified atom stereocenters. The Hall–Kier alpha value is -1.09. The molecule has 1 aliphatic heterocycles. The van der Waals surface area contributed by atoms with Gasteiger partial charge in [0.1, 0.15) is 0 Å². The van der Waals surface area contributed by atoms with Gasteiger partial charge in [0.25, 0.3) is 0 Å². The fourth-order valence-corrected chi connectivity index (χ4v) is 1.60. The number of benzene rings is 1. The molecule has 1 heterocycles. The van der Waals surface area contributed by atoms with Gasteiger partial charge >= 0.3 is 0 Å². The third kappa shape index (κ3) is 1.52. The smallest absolute Gasteiger partial charge is 0.165 e. The zero-order valence-electron chi connectivity index (χ0n) is 7.29. The monoisotopic (exact) mass is 181 g/mol. The van der Waals surface area contributed by atoms with E-state index in [1.807, 2.05) is 6.07 Å². The van der Waals surface area contributed by atoms with Crippen molar-refractivity contribution < 1.29 is 9.13 Å². The van der Waals surface area contributed by atoms with Gasteiger partial charge in [-0.15, -0.1) is 0 Å². The molecule has 0 radical (unpaired) electrons. The predicted octanol–water partition coefficient (Wildman–Crippen LogP) is 2.00. The maximum absolute atomic E-state index is 13.2. The number of hydrogen-bond acceptors (Lipinski definition) is 2. The van der Waals surface area contributed by atoms with Crippen LogP contribution in [-0.2, 0) is 0 Å². The van der Waals surface area contributed by atoms with Gasteiger partial charge in [0, 0.05) is 11.6 Å². The van der Waals surface area contributed by atoms with Crippen LogP contribution in [0.2, 0.25) is 0 Å². The minimum absolute atomic E-state index is 0.0896. The van der Waals surface area contributed by atoms with Crippen LogP contribution in [0.5, 0.6) is 5.75 Å². The molecule has 70 valence electrons. The normalized spacial score (nSPS) is 21.5. The minimum Gasteiger partial charge on any atom is -0.490 e. The van der Waals surface area contributed by atoms with Gasteiger partial charge in [0.15, 0.2) is 11.6 Å². The lowest BCUT2D eigenvalue weighted by Crippen LogP contribution is -2.09. The highest BCUT2D eigenvalue weighted by atomic mass is 19.1. The highest BCUT2D eigenvalue weighted by Crippen LogP contribution is 2.31. The zero-order chi connectivity index (χ0) is 9.26. The largest absolute Gasteiger partial charge is 0.490 e. The maximum atomic E-state index is 13.2. The van der Waals surface area contributed by atoms with E-state index in [1.54, 1.807) is 6.07 Å². The molecule has 0 spiro atoms. The molecule has 2 rings (SSSR count). The van der Waals surface area contributed by atoms with E-state index in [-0.39, 0.29) is 11.9 Å². The van der Waals surface area contributed by atoms with Crippen LogP contribution in [0.4, 0.5) is 4.39 Å². The fraction of sp³-hybridized carbons (Fsp3) is 0.400. The van der Waals surface area contributed by atoms with Crippen molar-refractivity contribution >= 4 is 0 Å². The Morgan fingerprint density at radius 1 is 1.46 bits per heavy atom. The van der Waals surface area contributed by atoms with E-state index in [0.29, 0.717) is 12.4 Å². The standard InChI is InChI=1S/C10H12FNO/c11-8-4-1-3-7-9(12)5-2-6-13-10(7)8/h1,3-4,9H,2,5-6,12H2/t9-/m1/s1. The molecule has 0 saturated heterocycles. The van der Waals surface area contributed by atoms with Crippen molar-refractivity contribution in [3.05, 3.63) is 29.6 Å². The maximum Gasteiger partial charge on any atom is 0.165 e. The van der Waals surface area contributed by atoms with Crippen LogP contribution in [0.15, 0.2) is 18.2 Å². The zero-order valence-corrected chi connectivity index (χ0v) is 7.29. The van der Waals surface area contributed by atoms with Crippen molar-refractivity contribution in [1.29, 1.82) is 0 Å². The molecular weight excluding hydrogens is 169 g/mol. The van der Waals surface area contributed by atoms with Gasteiger partial charge in [-0.25, -0.2) is 4.39 Å². The van der Waals surface area contributed by atoms with Crippen molar-refractivity contribution in [3.8, 4) is 5.75 Å². The summed E-state index contributed by atoms with van der Waals surface area (Å²) < 4.78 is 18.5. The van der Waals surface area contributed by atoms with Crippen LogP contribution >= 0.6 is 0 Å². The predicted molar refractivity (Wildman–Crippen MR) is 48.1 cm³/mol. The summed E-state index contributed by atoms with van der Waals surface area (Å²) in [4.78, 5) is 0. The van der Waals surface area contributed by atoms with Crippen LogP contribution < -0.4 is 10.5 Å². The lowest BCUT2D eigenvalue weighted by molar-refractivity contribution is 0.301. The molecule has 1 aliphatic rings. The van der Waals surface area contributed by atoms with E-state index in [0.717, 1.165) is 18.4 Å². The molecular formula is C10H12FNO. The fourth-order valence-electron chi connectivity index (χ4n) is 1.60. The number of para-hydroxylation sites is 1. The van der Waals surface area contributed by atoms with Crippen molar-refractivity contribution in [2.45, 2.75) is 18.9 Å². The summed E-state index contributed by atoms with van der Waals surface area (Å²) in [6.45, 7) is 0.557. The molecule has 0 fully saturated rings. The Bertz CT molecular complexity index is 314. The van der Waals surface area contributed by atoms with Crippen molar-refractivity contribution in [3.63, 3.8) is 0 Å². The summed E-state index contributed by atoms with van der Waals surface area (Å²) in [7, 11) is 0. The molecule has 2 nitrogen and oxygen atoms in total. The SMILES string of the molecule is N[C@@H]1CCCOc2c(F)cccc21. The van der Waals surface area contributed by atoms with Crippen LogP contribution in [0.25, 0.3) is 0 Å². The van der Waals surface area contributed by atoms with E-state index in [9.17, 15) is 4.39 Å². The van der Waals surface area contributed by atoms with E-state index in [4.69, 9.17) is 10.5 Å². The first-order valence-electron chi connectivity index (χ1n) is 4.46. The lowest BCUT2D eigenvalue weighted by Gasteiger charge is -2.11. The van der Waals surface area contributed by atoms with Crippen molar-refractivity contribution in [2.24, 2.45) is 5.73 Å². The first-order chi connectivity index (χ1) is 6.29. The Morgan fingerprint density at radius 2 is 2.31 bits per heavy atom. The average Bonchev–Trinajstić information content (AvgIpc) is 2.30. The van der Waals surface area contributed by atoms with Crippen LogP contribution in [0.1, 0.15) is 24.4 Å². The van der Waals surface area contributed by atoms with E-state index < -0.39 is 0 Å². The molecule has 2 N–H and O–H groups in total. The average molecular weight is 181 g/mol. The molecule has 0 bridgehead atoms. The van der Waals surface area contributed by atoms with Gasteiger partial charge in [0.2, 0.25) is 0 Å². The summed E-state index contributed by atoms with van der Waals surface area (Å²) in [6, 6.07) is 4.81. The number of hydrogen-bond donors (Lipinski definition) is 1. The van der Waals surface area contributed by atoms with Gasteiger partial charge in [0.05, 0.1) is 6.61 Å². The minimum atomic E-state index is -0.310.